The minimum Gasteiger partial charge on any atom is -0.279 e. The predicted molar refractivity (Wildman–Crippen MR) is 96.0 cm³/mol. The van der Waals surface area contributed by atoms with Crippen LogP contribution in [0, 0.1) is 10.1 Å². The van der Waals surface area contributed by atoms with E-state index in [1.165, 1.54) is 18.2 Å². The molecule has 2 amide bonds. The summed E-state index contributed by atoms with van der Waals surface area (Å²) >= 11 is 0. The average molecular weight is 389 g/mol. The molecule has 9 nitrogen and oxygen atoms in total. The molecule has 0 bridgehead atoms. The number of non-ortho nitro benzene ring substituents is 1. The molecule has 2 aromatic carbocycles. The summed E-state index contributed by atoms with van der Waals surface area (Å²) < 4.78 is 27.5. The largest absolute Gasteiger partial charge is 0.279 e. The summed E-state index contributed by atoms with van der Waals surface area (Å²) in [5, 5.41) is 10.7. The Bertz CT molecular complexity index is 1050. The van der Waals surface area contributed by atoms with Crippen molar-refractivity contribution in [1.29, 1.82) is 0 Å². The first-order valence-electron chi connectivity index (χ1n) is 8.02. The number of fused-ring (bicyclic) bond motifs is 1. The van der Waals surface area contributed by atoms with Gasteiger partial charge < -0.3 is 0 Å². The predicted octanol–water partition coefficient (Wildman–Crippen LogP) is 2.40. The normalized spacial score (nSPS) is 13.6. The van der Waals surface area contributed by atoms with E-state index in [0.717, 1.165) is 29.2 Å². The first kappa shape index (κ1) is 18.5. The summed E-state index contributed by atoms with van der Waals surface area (Å²) in [5.74, 6) is -1.02. The van der Waals surface area contributed by atoms with E-state index >= 15 is 0 Å². The number of anilines is 1. The molecule has 0 aliphatic carbocycles. The van der Waals surface area contributed by atoms with Crippen molar-refractivity contribution in [3.8, 4) is 0 Å². The van der Waals surface area contributed by atoms with Crippen molar-refractivity contribution < 1.29 is 22.9 Å². The SMILES string of the molecule is CCCN1C(=O)c2cccc(NS(=O)(=O)c3ccc([N+](=O)[O-])cc3)c2C1=O. The van der Waals surface area contributed by atoms with Crippen LogP contribution in [-0.4, -0.2) is 36.6 Å². The van der Waals surface area contributed by atoms with Gasteiger partial charge in [-0.15, -0.1) is 0 Å². The number of benzene rings is 2. The highest BCUT2D eigenvalue weighted by Gasteiger charge is 2.37. The summed E-state index contributed by atoms with van der Waals surface area (Å²) in [4.78, 5) is 35.8. The summed E-state index contributed by atoms with van der Waals surface area (Å²) in [7, 11) is -4.10. The molecular formula is C17H15N3O6S. The minimum absolute atomic E-state index is 0.00133. The van der Waals surface area contributed by atoms with Crippen LogP contribution in [0.4, 0.5) is 11.4 Å². The molecule has 0 aromatic heterocycles. The van der Waals surface area contributed by atoms with E-state index in [0.29, 0.717) is 6.42 Å². The molecule has 1 aliphatic rings. The fourth-order valence-corrected chi connectivity index (χ4v) is 3.87. The van der Waals surface area contributed by atoms with Gasteiger partial charge in [-0.05, 0) is 30.7 Å². The van der Waals surface area contributed by atoms with Crippen LogP contribution in [-0.2, 0) is 10.0 Å². The number of nitro groups is 1. The molecule has 10 heteroatoms. The van der Waals surface area contributed by atoms with Crippen molar-refractivity contribution in [3.63, 3.8) is 0 Å². The Morgan fingerprint density at radius 3 is 2.33 bits per heavy atom. The van der Waals surface area contributed by atoms with Crippen LogP contribution in [0.25, 0.3) is 0 Å². The lowest BCUT2D eigenvalue weighted by Crippen LogP contribution is -2.30. The fourth-order valence-electron chi connectivity index (χ4n) is 2.80. The Morgan fingerprint density at radius 1 is 1.07 bits per heavy atom. The summed E-state index contributed by atoms with van der Waals surface area (Å²) in [6.07, 6.45) is 0.579. The van der Waals surface area contributed by atoms with E-state index in [1.54, 1.807) is 0 Å². The maximum atomic E-state index is 12.6. The van der Waals surface area contributed by atoms with E-state index < -0.39 is 26.8 Å². The molecule has 0 atom stereocenters. The Kier molecular flexibility index (Phi) is 4.66. The molecular weight excluding hydrogens is 374 g/mol. The van der Waals surface area contributed by atoms with Gasteiger partial charge in [0.1, 0.15) is 0 Å². The highest BCUT2D eigenvalue weighted by Crippen LogP contribution is 2.31. The van der Waals surface area contributed by atoms with Gasteiger partial charge in [-0.1, -0.05) is 13.0 Å². The van der Waals surface area contributed by atoms with Crippen LogP contribution in [0.2, 0.25) is 0 Å². The summed E-state index contributed by atoms with van der Waals surface area (Å²) in [6.45, 7) is 2.06. The van der Waals surface area contributed by atoms with E-state index in [9.17, 15) is 28.1 Å². The Labute approximate surface area is 154 Å². The molecule has 1 heterocycles. The lowest BCUT2D eigenvalue weighted by Gasteiger charge is -2.13. The van der Waals surface area contributed by atoms with Crippen molar-refractivity contribution in [2.45, 2.75) is 18.2 Å². The fraction of sp³-hybridized carbons (Fsp3) is 0.176. The van der Waals surface area contributed by atoms with Gasteiger partial charge >= 0.3 is 0 Å². The standard InChI is InChI=1S/C17H15N3O6S/c1-2-10-19-16(21)13-4-3-5-14(15(13)17(19)22)18-27(25,26)12-8-6-11(7-9-12)20(23)24/h3-9,18H,2,10H2,1H3. The molecule has 140 valence electrons. The molecule has 2 aromatic rings. The number of rotatable bonds is 6. The van der Waals surface area contributed by atoms with Gasteiger partial charge in [0.15, 0.2) is 0 Å². The van der Waals surface area contributed by atoms with Gasteiger partial charge in [-0.3, -0.25) is 29.3 Å². The van der Waals surface area contributed by atoms with Crippen molar-refractivity contribution >= 4 is 33.2 Å². The van der Waals surface area contributed by atoms with Gasteiger partial charge in [0.2, 0.25) is 0 Å². The molecule has 1 aliphatic heterocycles. The zero-order valence-corrected chi connectivity index (χ0v) is 15.0. The van der Waals surface area contributed by atoms with Crippen LogP contribution < -0.4 is 4.72 Å². The average Bonchev–Trinajstić information content (AvgIpc) is 2.88. The number of hydrogen-bond acceptors (Lipinski definition) is 6. The first-order valence-corrected chi connectivity index (χ1v) is 9.51. The Balaban J connectivity index is 1.97. The molecule has 27 heavy (non-hydrogen) atoms. The number of carbonyl (C=O) groups excluding carboxylic acids is 2. The second-order valence-corrected chi connectivity index (χ2v) is 7.53. The number of carbonyl (C=O) groups is 2. The number of imide groups is 1. The maximum Gasteiger partial charge on any atom is 0.269 e. The highest BCUT2D eigenvalue weighted by atomic mass is 32.2. The summed E-state index contributed by atoms with van der Waals surface area (Å²) in [5.41, 5.74) is -0.118. The van der Waals surface area contributed by atoms with E-state index in [4.69, 9.17) is 0 Å². The van der Waals surface area contributed by atoms with Crippen LogP contribution in [0.5, 0.6) is 0 Å². The van der Waals surface area contributed by atoms with E-state index in [1.807, 2.05) is 6.92 Å². The second kappa shape index (κ2) is 6.80. The number of hydrogen-bond donors (Lipinski definition) is 1. The molecule has 3 rings (SSSR count). The van der Waals surface area contributed by atoms with Crippen molar-refractivity contribution in [1.82, 2.24) is 4.90 Å². The number of nitro benzene ring substituents is 1. The quantitative estimate of drug-likeness (QED) is 0.459. The molecule has 0 unspecified atom stereocenters. The summed E-state index contributed by atoms with van der Waals surface area (Å²) in [6, 6.07) is 8.67. The van der Waals surface area contributed by atoms with Gasteiger partial charge in [0.25, 0.3) is 27.5 Å². The van der Waals surface area contributed by atoms with E-state index in [2.05, 4.69) is 4.72 Å². The van der Waals surface area contributed by atoms with Crippen LogP contribution in [0.1, 0.15) is 34.1 Å². The lowest BCUT2D eigenvalue weighted by molar-refractivity contribution is -0.384. The molecule has 0 saturated carbocycles. The lowest BCUT2D eigenvalue weighted by atomic mass is 10.1. The third-order valence-electron chi connectivity index (χ3n) is 4.05. The van der Waals surface area contributed by atoms with Gasteiger partial charge in [-0.2, -0.15) is 0 Å². The van der Waals surface area contributed by atoms with Gasteiger partial charge in [-0.25, -0.2) is 8.42 Å². The molecule has 0 radical (unpaired) electrons. The van der Waals surface area contributed by atoms with Crippen LogP contribution >= 0.6 is 0 Å². The maximum absolute atomic E-state index is 12.6. The van der Waals surface area contributed by atoms with Crippen molar-refractivity contribution in [2.75, 3.05) is 11.3 Å². The van der Waals surface area contributed by atoms with Crippen molar-refractivity contribution in [3.05, 3.63) is 63.7 Å². The van der Waals surface area contributed by atoms with Crippen LogP contribution in [0.15, 0.2) is 47.4 Å². The number of sulfonamides is 1. The third kappa shape index (κ3) is 3.26. The van der Waals surface area contributed by atoms with E-state index in [-0.39, 0.29) is 33.9 Å². The molecule has 1 N–H and O–H groups in total. The Hall–Kier alpha value is -3.27. The second-order valence-electron chi connectivity index (χ2n) is 5.85. The first-order chi connectivity index (χ1) is 12.8. The van der Waals surface area contributed by atoms with Gasteiger partial charge in [0.05, 0.1) is 26.6 Å². The zero-order valence-electron chi connectivity index (χ0n) is 14.2. The zero-order chi connectivity index (χ0) is 19.8. The number of amides is 2. The number of nitrogens with one attached hydrogen (secondary N) is 1. The number of nitrogens with zero attached hydrogens (tertiary/aromatic N) is 2. The van der Waals surface area contributed by atoms with Crippen molar-refractivity contribution in [2.24, 2.45) is 0 Å². The highest BCUT2D eigenvalue weighted by molar-refractivity contribution is 7.92. The van der Waals surface area contributed by atoms with Crippen LogP contribution in [0.3, 0.4) is 0 Å². The molecule has 0 spiro atoms. The van der Waals surface area contributed by atoms with Gasteiger partial charge in [0, 0.05) is 18.7 Å². The smallest absolute Gasteiger partial charge is 0.269 e. The monoisotopic (exact) mass is 389 g/mol. The third-order valence-corrected chi connectivity index (χ3v) is 5.43. The molecule has 0 fully saturated rings. The topological polar surface area (TPSA) is 127 Å². The minimum atomic E-state index is -4.10. The Morgan fingerprint density at radius 2 is 1.74 bits per heavy atom. The molecule has 0 saturated heterocycles.